The first-order valence-electron chi connectivity index (χ1n) is 6.60. The van der Waals surface area contributed by atoms with Gasteiger partial charge >= 0.3 is 5.97 Å². The molecule has 0 bridgehead atoms. The fourth-order valence-corrected chi connectivity index (χ4v) is 2.82. The topological polar surface area (TPSA) is 38.3 Å². The second-order valence-corrected chi connectivity index (χ2v) is 5.52. The molecule has 1 N–H and O–H groups in total. The van der Waals surface area contributed by atoms with Gasteiger partial charge in [0.2, 0.25) is 0 Å². The molecule has 4 heteroatoms. The lowest BCUT2D eigenvalue weighted by Crippen LogP contribution is -2.50. The minimum Gasteiger partial charge on any atom is -0.465 e. The predicted molar refractivity (Wildman–Crippen MR) is 75.6 cm³/mol. The zero-order valence-corrected chi connectivity index (χ0v) is 12.5. The first-order valence-corrected chi connectivity index (χ1v) is 7.76. The van der Waals surface area contributed by atoms with Crippen LogP contribution in [-0.4, -0.2) is 36.2 Å². The van der Waals surface area contributed by atoms with Gasteiger partial charge in [-0.05, 0) is 44.7 Å². The summed E-state index contributed by atoms with van der Waals surface area (Å²) in [4.78, 5) is 11.9. The molecule has 3 nitrogen and oxygen atoms in total. The second-order valence-electron chi connectivity index (χ2n) is 4.30. The number of carbonyl (C=O) groups excluding carboxylic acids is 1. The van der Waals surface area contributed by atoms with Crippen LogP contribution in [0.4, 0.5) is 0 Å². The fraction of sp³-hybridized carbons (Fsp3) is 0.923. The van der Waals surface area contributed by atoms with Gasteiger partial charge < -0.3 is 10.1 Å². The Hall–Kier alpha value is -0.220. The van der Waals surface area contributed by atoms with Crippen molar-refractivity contribution in [2.75, 3.05) is 24.7 Å². The molecule has 0 saturated carbocycles. The van der Waals surface area contributed by atoms with Crippen molar-refractivity contribution in [2.24, 2.45) is 0 Å². The molecule has 0 aliphatic carbocycles. The van der Waals surface area contributed by atoms with E-state index in [0.29, 0.717) is 6.61 Å². The Balaban J connectivity index is 4.07. The van der Waals surface area contributed by atoms with Crippen LogP contribution in [0.15, 0.2) is 0 Å². The lowest BCUT2D eigenvalue weighted by atomic mass is 9.99. The van der Waals surface area contributed by atoms with Crippen LogP contribution >= 0.6 is 11.8 Å². The third-order valence-corrected chi connectivity index (χ3v) is 3.75. The number of likely N-dealkylation sites (N-methyl/N-ethyl adjacent to an activating group) is 1. The van der Waals surface area contributed by atoms with Gasteiger partial charge in [0.15, 0.2) is 0 Å². The first-order chi connectivity index (χ1) is 8.10. The highest BCUT2D eigenvalue weighted by Gasteiger charge is 2.33. The Morgan fingerprint density at radius 2 is 2.00 bits per heavy atom. The summed E-state index contributed by atoms with van der Waals surface area (Å²) in [7, 11) is 0. The van der Waals surface area contributed by atoms with E-state index < -0.39 is 5.54 Å². The zero-order chi connectivity index (χ0) is 13.1. The number of nitrogens with one attached hydrogen (secondary N) is 1. The average Bonchev–Trinajstić information content (AvgIpc) is 2.29. The molecular formula is C13H27NO2S. The average molecular weight is 261 g/mol. The summed E-state index contributed by atoms with van der Waals surface area (Å²) in [5, 5.41) is 3.25. The highest BCUT2D eigenvalue weighted by atomic mass is 32.2. The summed E-state index contributed by atoms with van der Waals surface area (Å²) in [5.41, 5.74) is -0.524. The third-order valence-electron chi connectivity index (χ3n) is 2.68. The highest BCUT2D eigenvalue weighted by Crippen LogP contribution is 2.17. The van der Waals surface area contributed by atoms with Crippen LogP contribution in [0.2, 0.25) is 0 Å². The molecule has 0 aliphatic heterocycles. The Bertz CT molecular complexity index is 212. The van der Waals surface area contributed by atoms with Gasteiger partial charge in [0.1, 0.15) is 5.54 Å². The molecule has 102 valence electrons. The summed E-state index contributed by atoms with van der Waals surface area (Å²) >= 11 is 1.92. The van der Waals surface area contributed by atoms with E-state index in [2.05, 4.69) is 12.2 Å². The van der Waals surface area contributed by atoms with E-state index in [1.54, 1.807) is 0 Å². The quantitative estimate of drug-likeness (QED) is 0.485. The van der Waals surface area contributed by atoms with Gasteiger partial charge in [0, 0.05) is 0 Å². The van der Waals surface area contributed by atoms with Gasteiger partial charge in [-0.3, -0.25) is 4.79 Å². The molecule has 0 saturated heterocycles. The minimum absolute atomic E-state index is 0.127. The Morgan fingerprint density at radius 1 is 1.29 bits per heavy atom. The maximum atomic E-state index is 11.9. The van der Waals surface area contributed by atoms with Crippen molar-refractivity contribution in [3.63, 3.8) is 0 Å². The van der Waals surface area contributed by atoms with Crippen molar-refractivity contribution in [1.82, 2.24) is 5.32 Å². The molecule has 0 heterocycles. The van der Waals surface area contributed by atoms with E-state index in [1.807, 2.05) is 32.5 Å². The summed E-state index contributed by atoms with van der Waals surface area (Å²) in [5.74, 6) is 2.06. The number of ether oxygens (including phenoxy) is 1. The van der Waals surface area contributed by atoms with Crippen LogP contribution in [0.1, 0.15) is 47.0 Å². The van der Waals surface area contributed by atoms with Gasteiger partial charge in [-0.25, -0.2) is 0 Å². The summed E-state index contributed by atoms with van der Waals surface area (Å²) in [6.45, 7) is 9.23. The van der Waals surface area contributed by atoms with Crippen molar-refractivity contribution in [1.29, 1.82) is 0 Å². The van der Waals surface area contributed by atoms with Gasteiger partial charge in [-0.2, -0.15) is 11.8 Å². The summed E-state index contributed by atoms with van der Waals surface area (Å²) in [6.07, 6.45) is 3.31. The lowest BCUT2D eigenvalue weighted by Gasteiger charge is -2.27. The van der Waals surface area contributed by atoms with E-state index in [9.17, 15) is 4.79 Å². The van der Waals surface area contributed by atoms with Gasteiger partial charge in [0.25, 0.3) is 0 Å². The number of esters is 1. The van der Waals surface area contributed by atoms with Crippen molar-refractivity contribution in [3.8, 4) is 0 Å². The van der Waals surface area contributed by atoms with E-state index in [1.165, 1.54) is 18.6 Å². The number of carbonyl (C=O) groups is 1. The van der Waals surface area contributed by atoms with Gasteiger partial charge in [0.05, 0.1) is 6.61 Å². The standard InChI is InChI=1S/C13H27NO2S/c1-5-8-10-17-11-9-13(4,14-6-2)12(15)16-7-3/h14H,5-11H2,1-4H3. The number of rotatable bonds is 10. The second kappa shape index (κ2) is 9.77. The normalized spacial score (nSPS) is 14.4. The molecule has 1 unspecified atom stereocenters. The van der Waals surface area contributed by atoms with E-state index in [4.69, 9.17) is 4.74 Å². The smallest absolute Gasteiger partial charge is 0.326 e. The van der Waals surface area contributed by atoms with E-state index in [-0.39, 0.29) is 5.97 Å². The van der Waals surface area contributed by atoms with Crippen molar-refractivity contribution < 1.29 is 9.53 Å². The molecule has 0 spiro atoms. The Labute approximate surface area is 110 Å². The van der Waals surface area contributed by atoms with Crippen molar-refractivity contribution >= 4 is 17.7 Å². The number of thioether (sulfide) groups is 1. The van der Waals surface area contributed by atoms with E-state index in [0.717, 1.165) is 18.7 Å². The minimum atomic E-state index is -0.524. The van der Waals surface area contributed by atoms with Crippen molar-refractivity contribution in [2.45, 2.75) is 52.5 Å². The lowest BCUT2D eigenvalue weighted by molar-refractivity contribution is -0.150. The Kier molecular flexibility index (Phi) is 9.65. The summed E-state index contributed by atoms with van der Waals surface area (Å²) in [6, 6.07) is 0. The molecule has 0 aromatic rings. The van der Waals surface area contributed by atoms with Gasteiger partial charge in [-0.1, -0.05) is 20.3 Å². The van der Waals surface area contributed by atoms with Crippen LogP contribution in [0, 0.1) is 0 Å². The molecule has 17 heavy (non-hydrogen) atoms. The Morgan fingerprint density at radius 3 is 2.53 bits per heavy atom. The molecule has 0 aliphatic rings. The first kappa shape index (κ1) is 16.8. The molecule has 0 aromatic heterocycles. The van der Waals surface area contributed by atoms with Crippen LogP contribution in [0.25, 0.3) is 0 Å². The van der Waals surface area contributed by atoms with Crippen molar-refractivity contribution in [3.05, 3.63) is 0 Å². The molecule has 0 rings (SSSR count). The SMILES string of the molecule is CCCCSCCC(C)(NCC)C(=O)OCC. The van der Waals surface area contributed by atoms with Crippen LogP contribution in [0.5, 0.6) is 0 Å². The zero-order valence-electron chi connectivity index (χ0n) is 11.7. The highest BCUT2D eigenvalue weighted by molar-refractivity contribution is 7.99. The molecule has 0 aromatic carbocycles. The number of hydrogen-bond acceptors (Lipinski definition) is 4. The molecule has 0 fully saturated rings. The molecule has 0 amide bonds. The van der Waals surface area contributed by atoms with Crippen LogP contribution in [-0.2, 0) is 9.53 Å². The predicted octanol–water partition coefficient (Wildman–Crippen LogP) is 2.84. The fourth-order valence-electron chi connectivity index (χ4n) is 1.57. The maximum absolute atomic E-state index is 11.9. The number of hydrogen-bond donors (Lipinski definition) is 1. The number of unbranched alkanes of at least 4 members (excludes halogenated alkanes) is 1. The third kappa shape index (κ3) is 6.94. The van der Waals surface area contributed by atoms with E-state index >= 15 is 0 Å². The van der Waals surface area contributed by atoms with Crippen LogP contribution < -0.4 is 5.32 Å². The monoisotopic (exact) mass is 261 g/mol. The van der Waals surface area contributed by atoms with Gasteiger partial charge in [-0.15, -0.1) is 0 Å². The summed E-state index contributed by atoms with van der Waals surface area (Å²) < 4.78 is 5.13. The largest absolute Gasteiger partial charge is 0.465 e. The molecule has 0 radical (unpaired) electrons. The maximum Gasteiger partial charge on any atom is 0.326 e. The molecular weight excluding hydrogens is 234 g/mol. The van der Waals surface area contributed by atoms with Crippen LogP contribution in [0.3, 0.4) is 0 Å². The molecule has 1 atom stereocenters.